The Hall–Kier alpha value is -3.29. The molecule has 8 nitrogen and oxygen atoms in total. The standard InChI is InChI=1S/C27H36N4O4/c1-4-35-27(34)25-19(2)24(20(3)28-25)26(33)31-12-10-21(11-13-31)18-23(32)30-16-14-29(15-17-30)22-8-6-5-7-9-22/h5-9,21,28H,4,10-18H2,1-3H3. The van der Waals surface area contributed by atoms with Crippen molar-refractivity contribution in [3.8, 4) is 0 Å². The first-order chi connectivity index (χ1) is 16.9. The van der Waals surface area contributed by atoms with Crippen LogP contribution in [-0.2, 0) is 9.53 Å². The fourth-order valence-electron chi connectivity index (χ4n) is 5.21. The van der Waals surface area contributed by atoms with Crippen molar-refractivity contribution in [3.05, 3.63) is 52.8 Å². The Morgan fingerprint density at radius 3 is 2.23 bits per heavy atom. The first-order valence-electron chi connectivity index (χ1n) is 12.6. The van der Waals surface area contributed by atoms with Gasteiger partial charge in [-0.3, -0.25) is 9.59 Å². The van der Waals surface area contributed by atoms with Crippen LogP contribution in [0.15, 0.2) is 30.3 Å². The van der Waals surface area contributed by atoms with E-state index in [0.29, 0.717) is 47.9 Å². The summed E-state index contributed by atoms with van der Waals surface area (Å²) < 4.78 is 5.10. The van der Waals surface area contributed by atoms with E-state index < -0.39 is 5.97 Å². The number of rotatable bonds is 6. The third-order valence-corrected chi connectivity index (χ3v) is 7.25. The molecule has 0 radical (unpaired) electrons. The molecule has 1 aromatic heterocycles. The number of anilines is 1. The second-order valence-electron chi connectivity index (χ2n) is 9.49. The van der Waals surface area contributed by atoms with Gasteiger partial charge in [0.1, 0.15) is 5.69 Å². The molecule has 2 aliphatic heterocycles. The van der Waals surface area contributed by atoms with E-state index in [1.807, 2.05) is 34.9 Å². The highest BCUT2D eigenvalue weighted by Gasteiger charge is 2.31. The number of H-pyrrole nitrogens is 1. The number of hydrogen-bond acceptors (Lipinski definition) is 5. The zero-order chi connectivity index (χ0) is 24.9. The lowest BCUT2D eigenvalue weighted by atomic mass is 9.92. The van der Waals surface area contributed by atoms with Crippen molar-refractivity contribution in [1.82, 2.24) is 14.8 Å². The predicted molar refractivity (Wildman–Crippen MR) is 135 cm³/mol. The average Bonchev–Trinajstić information content (AvgIpc) is 3.18. The van der Waals surface area contributed by atoms with Crippen LogP contribution in [0.2, 0.25) is 0 Å². The van der Waals surface area contributed by atoms with E-state index >= 15 is 0 Å². The fourth-order valence-corrected chi connectivity index (χ4v) is 5.21. The number of aromatic amines is 1. The molecule has 2 saturated heterocycles. The van der Waals surface area contributed by atoms with Gasteiger partial charge >= 0.3 is 5.97 Å². The molecule has 0 bridgehead atoms. The molecule has 8 heteroatoms. The van der Waals surface area contributed by atoms with Crippen LogP contribution in [0.5, 0.6) is 0 Å². The molecule has 188 valence electrons. The monoisotopic (exact) mass is 480 g/mol. The van der Waals surface area contributed by atoms with E-state index in [2.05, 4.69) is 22.0 Å². The minimum absolute atomic E-state index is 0.0615. The molecule has 1 aromatic carbocycles. The summed E-state index contributed by atoms with van der Waals surface area (Å²) in [6.45, 7) is 10.1. The molecule has 3 heterocycles. The van der Waals surface area contributed by atoms with Crippen LogP contribution in [0.25, 0.3) is 0 Å². The molecule has 0 atom stereocenters. The van der Waals surface area contributed by atoms with Gasteiger partial charge < -0.3 is 24.4 Å². The summed E-state index contributed by atoms with van der Waals surface area (Å²) >= 11 is 0. The van der Waals surface area contributed by atoms with Crippen molar-refractivity contribution in [1.29, 1.82) is 0 Å². The maximum atomic E-state index is 13.2. The van der Waals surface area contributed by atoms with Gasteiger partial charge in [0, 0.05) is 57.1 Å². The van der Waals surface area contributed by atoms with Gasteiger partial charge in [0.15, 0.2) is 0 Å². The number of amides is 2. The predicted octanol–water partition coefficient (Wildman–Crippen LogP) is 3.40. The van der Waals surface area contributed by atoms with Crippen LogP contribution in [0, 0.1) is 19.8 Å². The van der Waals surface area contributed by atoms with Gasteiger partial charge in [-0.2, -0.15) is 0 Å². The lowest BCUT2D eigenvalue weighted by molar-refractivity contribution is -0.132. The van der Waals surface area contributed by atoms with Crippen LogP contribution in [0.4, 0.5) is 5.69 Å². The number of nitrogens with one attached hydrogen (secondary N) is 1. The van der Waals surface area contributed by atoms with E-state index in [9.17, 15) is 14.4 Å². The molecule has 0 spiro atoms. The normalized spacial score (nSPS) is 16.9. The second-order valence-corrected chi connectivity index (χ2v) is 9.49. The Kier molecular flexibility index (Phi) is 7.78. The van der Waals surface area contributed by atoms with Gasteiger partial charge in [-0.05, 0) is 57.2 Å². The molecule has 2 amide bonds. The molecular formula is C27H36N4O4. The number of piperidine rings is 1. The van der Waals surface area contributed by atoms with Crippen molar-refractivity contribution in [2.75, 3.05) is 50.8 Å². The highest BCUT2D eigenvalue weighted by Crippen LogP contribution is 2.26. The Labute approximate surface area is 207 Å². The van der Waals surface area contributed by atoms with Crippen molar-refractivity contribution in [2.24, 2.45) is 5.92 Å². The van der Waals surface area contributed by atoms with Gasteiger partial charge in [-0.25, -0.2) is 4.79 Å². The molecule has 0 saturated carbocycles. The van der Waals surface area contributed by atoms with E-state index in [4.69, 9.17) is 4.74 Å². The smallest absolute Gasteiger partial charge is 0.355 e. The largest absolute Gasteiger partial charge is 0.461 e. The summed E-state index contributed by atoms with van der Waals surface area (Å²) in [4.78, 5) is 47.5. The first kappa shape index (κ1) is 24.8. The third kappa shape index (κ3) is 5.52. The number of para-hydroxylation sites is 1. The van der Waals surface area contributed by atoms with Crippen molar-refractivity contribution >= 4 is 23.5 Å². The quantitative estimate of drug-likeness (QED) is 0.641. The van der Waals surface area contributed by atoms with Crippen LogP contribution in [0.1, 0.15) is 58.3 Å². The lowest BCUT2D eigenvalue weighted by Gasteiger charge is -2.37. The van der Waals surface area contributed by atoms with Gasteiger partial charge in [0.05, 0.1) is 12.2 Å². The molecule has 0 unspecified atom stereocenters. The number of benzene rings is 1. The number of ether oxygens (including phenoxy) is 1. The van der Waals surface area contributed by atoms with Gasteiger partial charge in [-0.1, -0.05) is 18.2 Å². The zero-order valence-electron chi connectivity index (χ0n) is 21.0. The topological polar surface area (TPSA) is 85.9 Å². The maximum absolute atomic E-state index is 13.2. The van der Waals surface area contributed by atoms with Gasteiger partial charge in [0.25, 0.3) is 5.91 Å². The zero-order valence-corrected chi connectivity index (χ0v) is 21.0. The average molecular weight is 481 g/mol. The summed E-state index contributed by atoms with van der Waals surface area (Å²) in [6, 6.07) is 10.3. The SMILES string of the molecule is CCOC(=O)c1[nH]c(C)c(C(=O)N2CCC(CC(=O)N3CCN(c4ccccc4)CC3)CC2)c1C. The molecular weight excluding hydrogens is 444 g/mol. The molecule has 1 N–H and O–H groups in total. The Morgan fingerprint density at radius 1 is 0.943 bits per heavy atom. The highest BCUT2D eigenvalue weighted by atomic mass is 16.5. The summed E-state index contributed by atoms with van der Waals surface area (Å²) in [5.74, 6) is 0.0173. The van der Waals surface area contributed by atoms with Gasteiger partial charge in [-0.15, -0.1) is 0 Å². The van der Waals surface area contributed by atoms with Crippen molar-refractivity contribution < 1.29 is 19.1 Å². The maximum Gasteiger partial charge on any atom is 0.355 e. The summed E-state index contributed by atoms with van der Waals surface area (Å²) in [6.07, 6.45) is 2.17. The number of nitrogens with zero attached hydrogens (tertiary/aromatic N) is 3. The number of aryl methyl sites for hydroxylation is 1. The Balaban J connectivity index is 1.27. The first-order valence-corrected chi connectivity index (χ1v) is 12.6. The van der Waals surface area contributed by atoms with Crippen molar-refractivity contribution in [2.45, 2.75) is 40.0 Å². The Bertz CT molecular complexity index is 1050. The molecule has 35 heavy (non-hydrogen) atoms. The number of likely N-dealkylation sites (tertiary alicyclic amines) is 1. The highest BCUT2D eigenvalue weighted by molar-refractivity contribution is 6.01. The number of aromatic nitrogens is 1. The minimum Gasteiger partial charge on any atom is -0.461 e. The molecule has 4 rings (SSSR count). The number of hydrogen-bond donors (Lipinski definition) is 1. The molecule has 0 aliphatic carbocycles. The number of piperazine rings is 1. The van der Waals surface area contributed by atoms with E-state index in [1.165, 1.54) is 5.69 Å². The summed E-state index contributed by atoms with van der Waals surface area (Å²) in [7, 11) is 0. The molecule has 2 fully saturated rings. The fraction of sp³-hybridized carbons (Fsp3) is 0.519. The number of esters is 1. The Morgan fingerprint density at radius 2 is 1.60 bits per heavy atom. The number of carbonyl (C=O) groups excluding carboxylic acids is 3. The van der Waals surface area contributed by atoms with Crippen LogP contribution in [0.3, 0.4) is 0 Å². The molecule has 2 aromatic rings. The van der Waals surface area contributed by atoms with E-state index in [-0.39, 0.29) is 18.4 Å². The minimum atomic E-state index is -0.436. The lowest BCUT2D eigenvalue weighted by Crippen LogP contribution is -2.49. The second kappa shape index (κ2) is 11.0. The summed E-state index contributed by atoms with van der Waals surface area (Å²) in [5.41, 5.74) is 3.43. The van der Waals surface area contributed by atoms with Crippen LogP contribution >= 0.6 is 0 Å². The molecule has 2 aliphatic rings. The summed E-state index contributed by atoms with van der Waals surface area (Å²) in [5, 5.41) is 0. The third-order valence-electron chi connectivity index (χ3n) is 7.25. The van der Waals surface area contributed by atoms with Crippen molar-refractivity contribution in [3.63, 3.8) is 0 Å². The van der Waals surface area contributed by atoms with Gasteiger partial charge in [0.2, 0.25) is 5.91 Å². The van der Waals surface area contributed by atoms with Crippen LogP contribution in [-0.4, -0.2) is 78.4 Å². The van der Waals surface area contributed by atoms with E-state index in [0.717, 1.165) is 39.0 Å². The number of carbonyl (C=O) groups is 3. The van der Waals surface area contributed by atoms with Crippen LogP contribution < -0.4 is 4.90 Å². The van der Waals surface area contributed by atoms with E-state index in [1.54, 1.807) is 13.8 Å².